The van der Waals surface area contributed by atoms with Gasteiger partial charge in [0.25, 0.3) is 0 Å². The number of hydrogen-bond acceptors (Lipinski definition) is 1. The number of nitrogens with zero attached hydrogens (tertiary/aromatic N) is 4. The van der Waals surface area contributed by atoms with Gasteiger partial charge in [0.15, 0.2) is 17.2 Å². The highest BCUT2D eigenvalue weighted by Gasteiger charge is 2.68. The SMILES string of the molecule is c1ccc2c(c1)cn1c3ccc[n+]4c3c3c5c(ccc3c21)Oc1ccc2c3c1C54[n+]1c4ccccc4n(c4c5ccccc5c5ccccc5c24)c31. The van der Waals surface area contributed by atoms with Gasteiger partial charge >= 0.3 is 11.3 Å². The molecule has 15 rings (SSSR count). The van der Waals surface area contributed by atoms with Crippen molar-refractivity contribution in [3.63, 3.8) is 0 Å². The van der Waals surface area contributed by atoms with Crippen LogP contribution in [0.3, 0.4) is 0 Å². The van der Waals surface area contributed by atoms with E-state index in [2.05, 4.69) is 164 Å². The van der Waals surface area contributed by atoms with E-state index in [0.717, 1.165) is 11.5 Å². The molecule has 52 heavy (non-hydrogen) atoms. The third-order valence-electron chi connectivity index (χ3n) is 12.8. The Balaban J connectivity index is 1.28. The molecule has 7 aromatic carbocycles. The van der Waals surface area contributed by atoms with Crippen molar-refractivity contribution >= 4 is 98.0 Å². The smallest absolute Gasteiger partial charge is 0.372 e. The molecule has 0 saturated carbocycles. The average Bonchev–Trinajstić information content (AvgIpc) is 3.94. The molecule has 0 radical (unpaired) electrons. The topological polar surface area (TPSA) is 25.8 Å². The highest BCUT2D eigenvalue weighted by atomic mass is 16.5. The minimum Gasteiger partial charge on any atom is -0.456 e. The van der Waals surface area contributed by atoms with E-state index in [4.69, 9.17) is 4.74 Å². The first kappa shape index (κ1) is 25.0. The van der Waals surface area contributed by atoms with Crippen LogP contribution >= 0.6 is 0 Å². The number of pyridine rings is 3. The zero-order valence-electron chi connectivity index (χ0n) is 27.6. The van der Waals surface area contributed by atoms with Crippen LogP contribution in [0.25, 0.3) is 98.0 Å². The minimum atomic E-state index is -0.696. The summed E-state index contributed by atoms with van der Waals surface area (Å²) in [6.07, 6.45) is 4.63. The van der Waals surface area contributed by atoms with Crippen molar-refractivity contribution < 1.29 is 13.9 Å². The number of benzene rings is 7. The van der Waals surface area contributed by atoms with Crippen molar-refractivity contribution in [3.05, 3.63) is 157 Å². The molecule has 3 aliphatic rings. The lowest BCUT2D eigenvalue weighted by atomic mass is 9.84. The summed E-state index contributed by atoms with van der Waals surface area (Å²) >= 11 is 0. The van der Waals surface area contributed by atoms with E-state index in [1.165, 1.54) is 109 Å². The molecular formula is C47H24N4O+2. The van der Waals surface area contributed by atoms with Crippen LogP contribution < -0.4 is 13.9 Å². The number of fused-ring (bicyclic) bond motifs is 16. The van der Waals surface area contributed by atoms with Crippen LogP contribution in [0.4, 0.5) is 0 Å². The predicted octanol–water partition coefficient (Wildman–Crippen LogP) is 10.0. The van der Waals surface area contributed by atoms with E-state index in [9.17, 15) is 0 Å². The Kier molecular flexibility index (Phi) is 3.77. The fourth-order valence-electron chi connectivity index (χ4n) is 11.1. The van der Waals surface area contributed by atoms with E-state index in [0.29, 0.717) is 0 Å². The molecule has 0 aliphatic carbocycles. The molecule has 8 heterocycles. The van der Waals surface area contributed by atoms with Gasteiger partial charge in [-0.1, -0.05) is 84.9 Å². The summed E-state index contributed by atoms with van der Waals surface area (Å²) in [4.78, 5) is 0. The summed E-state index contributed by atoms with van der Waals surface area (Å²) in [6, 6.07) is 49.3. The first-order valence-electron chi connectivity index (χ1n) is 18.0. The molecule has 5 aromatic heterocycles. The van der Waals surface area contributed by atoms with E-state index >= 15 is 0 Å². The van der Waals surface area contributed by atoms with Crippen molar-refractivity contribution in [2.24, 2.45) is 0 Å². The van der Waals surface area contributed by atoms with Crippen LogP contribution in [0.15, 0.2) is 146 Å². The van der Waals surface area contributed by atoms with Gasteiger partial charge in [-0.2, -0.15) is 4.40 Å². The molecule has 1 spiro atoms. The second-order valence-electron chi connectivity index (χ2n) is 14.8. The molecule has 1 unspecified atom stereocenters. The number of rotatable bonds is 0. The Morgan fingerprint density at radius 1 is 0.500 bits per heavy atom. The fourth-order valence-corrected chi connectivity index (χ4v) is 11.1. The summed E-state index contributed by atoms with van der Waals surface area (Å²) in [6.45, 7) is 0. The third-order valence-corrected chi connectivity index (χ3v) is 12.8. The molecule has 0 saturated heterocycles. The summed E-state index contributed by atoms with van der Waals surface area (Å²) < 4.78 is 17.4. The zero-order valence-corrected chi connectivity index (χ0v) is 27.6. The lowest BCUT2D eigenvalue weighted by Crippen LogP contribution is -2.72. The van der Waals surface area contributed by atoms with Gasteiger partial charge in [-0.05, 0) is 58.6 Å². The van der Waals surface area contributed by atoms with Gasteiger partial charge in [0.05, 0.1) is 16.3 Å². The van der Waals surface area contributed by atoms with E-state index in [1.807, 2.05) is 0 Å². The second-order valence-corrected chi connectivity index (χ2v) is 14.8. The van der Waals surface area contributed by atoms with Gasteiger partial charge in [-0.25, -0.2) is 0 Å². The number of aromatic nitrogens is 4. The van der Waals surface area contributed by atoms with E-state index in [-0.39, 0.29) is 0 Å². The van der Waals surface area contributed by atoms with Gasteiger partial charge in [0.2, 0.25) is 5.52 Å². The summed E-state index contributed by atoms with van der Waals surface area (Å²) in [7, 11) is 0. The minimum absolute atomic E-state index is 0.696. The lowest BCUT2D eigenvalue weighted by molar-refractivity contribution is -0.934. The van der Waals surface area contributed by atoms with Crippen molar-refractivity contribution in [1.82, 2.24) is 8.80 Å². The third kappa shape index (κ3) is 2.32. The Hall–Kier alpha value is -6.98. The molecule has 0 fully saturated rings. The highest BCUT2D eigenvalue weighted by Crippen LogP contribution is 2.59. The largest absolute Gasteiger partial charge is 0.456 e. The van der Waals surface area contributed by atoms with Crippen molar-refractivity contribution in [1.29, 1.82) is 0 Å². The number of imidazole rings is 1. The Labute approximate surface area is 293 Å². The van der Waals surface area contributed by atoms with Gasteiger partial charge in [0, 0.05) is 44.6 Å². The summed E-state index contributed by atoms with van der Waals surface area (Å²) in [5.74, 6) is 1.85. The lowest BCUT2D eigenvalue weighted by Gasteiger charge is -2.28. The fraction of sp³-hybridized carbons (Fsp3) is 0.0213. The summed E-state index contributed by atoms with van der Waals surface area (Å²) in [5, 5.41) is 13.9. The van der Waals surface area contributed by atoms with Crippen molar-refractivity contribution in [2.45, 2.75) is 5.66 Å². The standard InChI is InChI=1S/C47H24N4O/c1-2-11-26-25(10-1)24-48-35-18-9-23-49-45(35)39-32(43(26)48)20-22-36-41(39)47(49)42-37(52-36)21-19-31-38-29-14-5-3-12-27(29)28-13-4-6-15-30(28)44(38)50-33-16-7-8-17-34(33)51(47)46(50)40(31)42/h1-24H/q+2. The molecule has 3 aliphatic heterocycles. The first-order chi connectivity index (χ1) is 25.8. The summed E-state index contributed by atoms with van der Waals surface area (Å²) in [5.41, 5.74) is 10.3. The molecule has 0 N–H and O–H groups in total. The normalized spacial score (nSPS) is 16.7. The van der Waals surface area contributed by atoms with Gasteiger partial charge < -0.3 is 9.14 Å². The Morgan fingerprint density at radius 2 is 1.17 bits per heavy atom. The van der Waals surface area contributed by atoms with E-state index < -0.39 is 5.66 Å². The van der Waals surface area contributed by atoms with Crippen LogP contribution in [-0.2, 0) is 5.66 Å². The van der Waals surface area contributed by atoms with Gasteiger partial charge in [-0.15, -0.1) is 9.13 Å². The molecule has 236 valence electrons. The number of para-hydroxylation sites is 2. The maximum absolute atomic E-state index is 7.10. The van der Waals surface area contributed by atoms with Gasteiger partial charge in [0.1, 0.15) is 33.7 Å². The predicted molar refractivity (Wildman–Crippen MR) is 207 cm³/mol. The van der Waals surface area contributed by atoms with Crippen molar-refractivity contribution in [2.75, 3.05) is 0 Å². The molecule has 5 nitrogen and oxygen atoms in total. The van der Waals surface area contributed by atoms with Crippen molar-refractivity contribution in [3.8, 4) is 11.5 Å². The second kappa shape index (κ2) is 7.83. The van der Waals surface area contributed by atoms with Crippen LogP contribution in [0.1, 0.15) is 11.1 Å². The van der Waals surface area contributed by atoms with Crippen LogP contribution in [0.2, 0.25) is 0 Å². The van der Waals surface area contributed by atoms with Crippen LogP contribution in [0, 0.1) is 0 Å². The monoisotopic (exact) mass is 660 g/mol. The van der Waals surface area contributed by atoms with E-state index in [1.54, 1.807) is 0 Å². The Morgan fingerprint density at radius 3 is 2.04 bits per heavy atom. The average molecular weight is 661 g/mol. The molecule has 1 atom stereocenters. The first-order valence-corrected chi connectivity index (χ1v) is 18.0. The highest BCUT2D eigenvalue weighted by molar-refractivity contribution is 6.33. The molecule has 5 heteroatoms. The molecule has 0 bridgehead atoms. The van der Waals surface area contributed by atoms with Crippen LogP contribution in [-0.4, -0.2) is 8.80 Å². The van der Waals surface area contributed by atoms with Gasteiger partial charge in [-0.3, -0.25) is 0 Å². The molecule has 12 aromatic rings. The molecular weight excluding hydrogens is 637 g/mol. The maximum atomic E-state index is 7.10. The van der Waals surface area contributed by atoms with Crippen LogP contribution in [0.5, 0.6) is 11.5 Å². The number of hydrogen-bond donors (Lipinski definition) is 0. The molecule has 0 amide bonds. The quantitative estimate of drug-likeness (QED) is 0.117. The Bertz CT molecular complexity index is 3790. The zero-order chi connectivity index (χ0) is 33.2. The maximum Gasteiger partial charge on any atom is 0.372 e. The number of ether oxygens (including phenoxy) is 1.